The molecule has 0 N–H and O–H groups in total. The van der Waals surface area contributed by atoms with Crippen LogP contribution in [-0.2, 0) is 37.5 Å². The summed E-state index contributed by atoms with van der Waals surface area (Å²) in [5.41, 5.74) is 0. The molecule has 0 spiro atoms. The van der Waals surface area contributed by atoms with Crippen molar-refractivity contribution < 1.29 is 37.5 Å². The Hall–Kier alpha value is 0.444. The fraction of sp³-hybridized carbons (Fsp3) is 0.500. The number of ketones is 1. The van der Waals surface area contributed by atoms with Crippen molar-refractivity contribution in [3.8, 4) is 0 Å². The predicted molar refractivity (Wildman–Crippen MR) is 33.0 cm³/mol. The fourth-order valence-electron chi connectivity index (χ4n) is 0.246. The first-order chi connectivity index (χ1) is 3.77. The maximum absolute atomic E-state index is 10.2. The van der Waals surface area contributed by atoms with Crippen LogP contribution in [0.2, 0.25) is 0 Å². The summed E-state index contributed by atoms with van der Waals surface area (Å²) in [5.74, 6) is 0.0854. The molecule has 0 aromatic heterocycles. The van der Waals surface area contributed by atoms with E-state index in [9.17, 15) is 4.79 Å². The average Bonchev–Trinajstić information content (AvgIpc) is 1.66. The summed E-state index contributed by atoms with van der Waals surface area (Å²) in [6, 6.07) is 0. The minimum atomic E-state index is 0. The quantitative estimate of drug-likeness (QED) is 0.488. The number of hydrogen-bond acceptors (Lipinski definition) is 2. The summed E-state index contributed by atoms with van der Waals surface area (Å²) in [5, 5.41) is 0. The number of carbonyl (C=O) groups is 1. The van der Waals surface area contributed by atoms with Crippen LogP contribution in [0.1, 0.15) is 13.3 Å². The van der Waals surface area contributed by atoms with E-state index in [1.54, 1.807) is 0 Å². The molecule has 0 saturated carbocycles. The molecule has 2 nitrogen and oxygen atoms in total. The van der Waals surface area contributed by atoms with Crippen LogP contribution in [0.4, 0.5) is 0 Å². The minimum Gasteiger partial charge on any atom is -0.533 e. The second kappa shape index (κ2) is 8.44. The maximum atomic E-state index is 10.2. The molecular formula is C6H9NOY-2. The average molecular weight is 200 g/mol. The zero-order valence-corrected chi connectivity index (χ0v) is 8.39. The third-order valence-corrected chi connectivity index (χ3v) is 0.552. The fourth-order valence-corrected chi connectivity index (χ4v) is 0.246. The van der Waals surface area contributed by atoms with E-state index in [4.69, 9.17) is 0 Å². The third kappa shape index (κ3) is 11.8. The van der Waals surface area contributed by atoms with Gasteiger partial charge in [-0.2, -0.15) is 0 Å². The molecule has 1 radical (unpaired) electrons. The normalized spacial score (nSPS) is 9.11. The topological polar surface area (TPSA) is 29.4 Å². The van der Waals surface area contributed by atoms with Gasteiger partial charge >= 0.3 is 0 Å². The van der Waals surface area contributed by atoms with Crippen LogP contribution in [0.5, 0.6) is 0 Å². The van der Waals surface area contributed by atoms with Crippen molar-refractivity contribution in [1.82, 2.24) is 0 Å². The molecule has 0 heterocycles. The van der Waals surface area contributed by atoms with Gasteiger partial charge in [0.05, 0.1) is 0 Å². The van der Waals surface area contributed by atoms with Crippen molar-refractivity contribution in [2.75, 3.05) is 6.54 Å². The molecule has 0 fully saturated rings. The molecule has 49 valence electrons. The molecule has 0 aromatic carbocycles. The first kappa shape index (κ1) is 12.2. The van der Waals surface area contributed by atoms with Crippen LogP contribution in [0.3, 0.4) is 0 Å². The van der Waals surface area contributed by atoms with Gasteiger partial charge in [-0.25, -0.2) is 0 Å². The minimum absolute atomic E-state index is 0. The van der Waals surface area contributed by atoms with Crippen molar-refractivity contribution in [2.24, 2.45) is 4.99 Å². The van der Waals surface area contributed by atoms with Gasteiger partial charge in [0.1, 0.15) is 5.78 Å². The Bertz CT molecular complexity index is 101. The van der Waals surface area contributed by atoms with E-state index < -0.39 is 0 Å². The van der Waals surface area contributed by atoms with Gasteiger partial charge in [-0.1, -0.05) is 0 Å². The summed E-state index contributed by atoms with van der Waals surface area (Å²) in [7, 11) is 0. The van der Waals surface area contributed by atoms with Gasteiger partial charge in [-0.3, -0.25) is 0 Å². The van der Waals surface area contributed by atoms with E-state index >= 15 is 0 Å². The van der Waals surface area contributed by atoms with E-state index in [-0.39, 0.29) is 38.5 Å². The van der Waals surface area contributed by atoms with Crippen LogP contribution in [0.25, 0.3) is 0 Å². The van der Waals surface area contributed by atoms with Crippen LogP contribution in [0.15, 0.2) is 4.99 Å². The number of rotatable bonds is 3. The van der Waals surface area contributed by atoms with Gasteiger partial charge in [0.25, 0.3) is 0 Å². The number of nitrogens with zero attached hydrogens (tertiary/aromatic N) is 1. The van der Waals surface area contributed by atoms with Gasteiger partial charge in [0.2, 0.25) is 0 Å². The smallest absolute Gasteiger partial charge is 0.102 e. The molecular weight excluding hydrogens is 191 g/mol. The molecule has 9 heavy (non-hydrogen) atoms. The second-order valence-electron chi connectivity index (χ2n) is 1.42. The summed E-state index contributed by atoms with van der Waals surface area (Å²) in [4.78, 5) is 13.8. The molecule has 0 aliphatic rings. The molecule has 3 heteroatoms. The largest absolute Gasteiger partial charge is 0.533 e. The first-order valence-corrected chi connectivity index (χ1v) is 2.45. The molecule has 0 unspecified atom stereocenters. The Morgan fingerprint density at radius 2 is 2.33 bits per heavy atom. The molecule has 0 rings (SSSR count). The summed E-state index contributed by atoms with van der Waals surface area (Å²) >= 11 is 0. The number of aliphatic imine (C=N–C) groups is 1. The van der Waals surface area contributed by atoms with E-state index in [1.165, 1.54) is 6.92 Å². The molecule has 0 bridgehead atoms. The predicted octanol–water partition coefficient (Wildman–Crippen LogP) is 0.745. The van der Waals surface area contributed by atoms with E-state index in [2.05, 4.69) is 18.1 Å². The monoisotopic (exact) mass is 200 g/mol. The third-order valence-electron chi connectivity index (χ3n) is 0.552. The van der Waals surface area contributed by atoms with Crippen molar-refractivity contribution >= 4 is 12.0 Å². The van der Waals surface area contributed by atoms with Crippen LogP contribution < -0.4 is 0 Å². The van der Waals surface area contributed by atoms with Crippen molar-refractivity contribution in [3.63, 3.8) is 0 Å². The van der Waals surface area contributed by atoms with E-state index in [1.807, 2.05) is 0 Å². The summed E-state index contributed by atoms with van der Waals surface area (Å²) in [6.07, 6.45) is 2.86. The number of hydrogen-bond donors (Lipinski definition) is 0. The SMILES string of the molecule is [CH2-]CN=[C-]CC(C)=O.[Y]. The van der Waals surface area contributed by atoms with Gasteiger partial charge in [0.15, 0.2) is 0 Å². The van der Waals surface area contributed by atoms with E-state index in [0.29, 0.717) is 13.0 Å². The number of carbonyl (C=O) groups excluding carboxylic acids is 1. The Kier molecular flexibility index (Phi) is 11.4. The van der Waals surface area contributed by atoms with Crippen LogP contribution in [0, 0.1) is 6.92 Å². The maximum Gasteiger partial charge on any atom is 0.102 e. The molecule has 0 aliphatic heterocycles. The molecule has 0 atom stereocenters. The molecule has 0 saturated heterocycles. The van der Waals surface area contributed by atoms with Crippen molar-refractivity contribution in [2.45, 2.75) is 13.3 Å². The zero-order valence-electron chi connectivity index (χ0n) is 5.55. The molecule has 0 aliphatic carbocycles. The Morgan fingerprint density at radius 3 is 2.67 bits per heavy atom. The summed E-state index contributed by atoms with van der Waals surface area (Å²) < 4.78 is 0. The van der Waals surface area contributed by atoms with Crippen LogP contribution in [-0.4, -0.2) is 18.5 Å². The van der Waals surface area contributed by atoms with Crippen molar-refractivity contribution in [3.05, 3.63) is 6.92 Å². The van der Waals surface area contributed by atoms with Gasteiger partial charge < -0.3 is 22.9 Å². The zero-order chi connectivity index (χ0) is 6.41. The molecule has 0 aromatic rings. The van der Waals surface area contributed by atoms with E-state index in [0.717, 1.165) is 0 Å². The molecule has 0 amide bonds. The Morgan fingerprint density at radius 1 is 1.78 bits per heavy atom. The van der Waals surface area contributed by atoms with Gasteiger partial charge in [0, 0.05) is 32.7 Å². The number of Topliss-reactive ketones (excluding diaryl/α,β-unsaturated/α-hetero) is 1. The standard InChI is InChI=1S/C6H9NO.Y/c1-3-7-5-4-6(2)8;/h1,3-4H2,2H3;/q-2;. The Labute approximate surface area is 81.0 Å². The second-order valence-corrected chi connectivity index (χ2v) is 1.42. The van der Waals surface area contributed by atoms with Crippen molar-refractivity contribution in [1.29, 1.82) is 0 Å². The van der Waals surface area contributed by atoms with Gasteiger partial charge in [-0.05, 0) is 6.92 Å². The Balaban J connectivity index is 0. The van der Waals surface area contributed by atoms with Crippen LogP contribution >= 0.6 is 0 Å². The summed E-state index contributed by atoms with van der Waals surface area (Å²) in [6.45, 7) is 5.41. The van der Waals surface area contributed by atoms with Gasteiger partial charge in [-0.15, -0.1) is 13.0 Å². The first-order valence-electron chi connectivity index (χ1n) is 2.45.